The van der Waals surface area contributed by atoms with E-state index in [0.717, 1.165) is 42.6 Å². The van der Waals surface area contributed by atoms with E-state index in [1.807, 2.05) is 6.07 Å². The van der Waals surface area contributed by atoms with Gasteiger partial charge in [-0.3, -0.25) is 9.36 Å². The molecule has 0 bridgehead atoms. The Morgan fingerprint density at radius 1 is 1.08 bits per heavy atom. The summed E-state index contributed by atoms with van der Waals surface area (Å²) < 4.78 is 2.28. The van der Waals surface area contributed by atoms with Crippen molar-refractivity contribution in [3.8, 4) is 0 Å². The van der Waals surface area contributed by atoms with E-state index in [1.54, 1.807) is 11.8 Å². The van der Waals surface area contributed by atoms with Gasteiger partial charge in [0.2, 0.25) is 5.95 Å². The molecule has 0 N–H and O–H groups in total. The highest BCUT2D eigenvalue weighted by Crippen LogP contribution is 2.41. The van der Waals surface area contributed by atoms with E-state index in [-0.39, 0.29) is 5.78 Å². The second-order valence-electron chi connectivity index (χ2n) is 7.63. The molecule has 0 radical (unpaired) electrons. The van der Waals surface area contributed by atoms with Gasteiger partial charge in [0.1, 0.15) is 0 Å². The second-order valence-corrected chi connectivity index (χ2v) is 8.57. The number of anilines is 1. The molecule has 6 heteroatoms. The summed E-state index contributed by atoms with van der Waals surface area (Å²) in [4.78, 5) is 15.0. The Morgan fingerprint density at radius 2 is 1.88 bits per heavy atom. The lowest BCUT2D eigenvalue weighted by Gasteiger charge is -2.17. The molecule has 26 heavy (non-hydrogen) atoms. The van der Waals surface area contributed by atoms with Gasteiger partial charge >= 0.3 is 0 Å². The van der Waals surface area contributed by atoms with Gasteiger partial charge in [0, 0.05) is 24.7 Å². The minimum absolute atomic E-state index is 0.192. The lowest BCUT2D eigenvalue weighted by Crippen LogP contribution is -2.22. The molecule has 136 valence electrons. The minimum Gasteiger partial charge on any atom is -0.341 e. The Bertz CT molecular complexity index is 836. The molecule has 2 fully saturated rings. The Kier molecular flexibility index (Phi) is 4.23. The van der Waals surface area contributed by atoms with Crippen LogP contribution in [-0.2, 0) is 12.8 Å². The first kappa shape index (κ1) is 16.4. The topological polar surface area (TPSA) is 51.0 Å². The zero-order valence-corrected chi connectivity index (χ0v) is 15.8. The molecule has 1 saturated carbocycles. The Labute approximate surface area is 158 Å². The molecule has 1 aliphatic heterocycles. The monoisotopic (exact) mass is 368 g/mol. The summed E-state index contributed by atoms with van der Waals surface area (Å²) in [6.45, 7) is 2.15. The van der Waals surface area contributed by atoms with Crippen LogP contribution < -0.4 is 4.90 Å². The van der Waals surface area contributed by atoms with Crippen molar-refractivity contribution in [3.05, 3.63) is 34.9 Å². The molecular weight excluding hydrogens is 344 g/mol. The number of ketones is 1. The number of aryl methyl sites for hydroxylation is 2. The number of Topliss-reactive ketones (excluding diaryl/α,β-unsaturated/α-hetero) is 1. The zero-order chi connectivity index (χ0) is 17.5. The third-order valence-electron chi connectivity index (χ3n) is 5.70. The Morgan fingerprint density at radius 3 is 2.69 bits per heavy atom. The first-order chi connectivity index (χ1) is 12.8. The largest absolute Gasteiger partial charge is 0.341 e. The van der Waals surface area contributed by atoms with Crippen LogP contribution in [0.4, 0.5) is 5.95 Å². The maximum absolute atomic E-state index is 12.7. The zero-order valence-electron chi connectivity index (χ0n) is 15.0. The number of rotatable bonds is 6. The van der Waals surface area contributed by atoms with Crippen molar-refractivity contribution < 1.29 is 4.79 Å². The van der Waals surface area contributed by atoms with E-state index in [9.17, 15) is 4.79 Å². The molecule has 1 aromatic heterocycles. The standard InChI is InChI=1S/C20H24N4OS/c25-18(16-7-6-14-4-3-5-15(14)12-16)13-26-20-22-21-19(23-10-1-2-11-23)24(20)17-8-9-17/h6-7,12,17H,1-5,8-11,13H2. The number of aromatic nitrogens is 3. The summed E-state index contributed by atoms with van der Waals surface area (Å²) in [6.07, 6.45) is 8.34. The van der Waals surface area contributed by atoms with Crippen LogP contribution >= 0.6 is 11.8 Å². The first-order valence-electron chi connectivity index (χ1n) is 9.77. The van der Waals surface area contributed by atoms with Gasteiger partial charge in [0.15, 0.2) is 10.9 Å². The Balaban J connectivity index is 1.31. The van der Waals surface area contributed by atoms with Crippen molar-refractivity contribution in [2.75, 3.05) is 23.7 Å². The molecule has 5 nitrogen and oxygen atoms in total. The lowest BCUT2D eigenvalue weighted by molar-refractivity contribution is 0.102. The van der Waals surface area contributed by atoms with Crippen LogP contribution in [0.25, 0.3) is 0 Å². The van der Waals surface area contributed by atoms with Crippen LogP contribution in [0.1, 0.15) is 59.6 Å². The van der Waals surface area contributed by atoms with Crippen molar-refractivity contribution >= 4 is 23.5 Å². The van der Waals surface area contributed by atoms with Gasteiger partial charge < -0.3 is 4.90 Å². The molecule has 1 saturated heterocycles. The fourth-order valence-corrected chi connectivity index (χ4v) is 5.01. The quantitative estimate of drug-likeness (QED) is 0.575. The van der Waals surface area contributed by atoms with E-state index < -0.39 is 0 Å². The van der Waals surface area contributed by atoms with E-state index in [4.69, 9.17) is 0 Å². The van der Waals surface area contributed by atoms with Crippen molar-refractivity contribution in [3.63, 3.8) is 0 Å². The van der Waals surface area contributed by atoms with Gasteiger partial charge in [0.05, 0.1) is 5.75 Å². The predicted molar refractivity (Wildman–Crippen MR) is 103 cm³/mol. The number of fused-ring (bicyclic) bond motifs is 1. The number of thioether (sulfide) groups is 1. The summed E-state index contributed by atoms with van der Waals surface area (Å²) >= 11 is 1.54. The molecule has 2 heterocycles. The highest BCUT2D eigenvalue weighted by Gasteiger charge is 2.32. The van der Waals surface area contributed by atoms with Crippen molar-refractivity contribution in [1.29, 1.82) is 0 Å². The van der Waals surface area contributed by atoms with E-state index >= 15 is 0 Å². The summed E-state index contributed by atoms with van der Waals surface area (Å²) in [7, 11) is 0. The molecule has 0 atom stereocenters. The maximum Gasteiger partial charge on any atom is 0.228 e. The highest BCUT2D eigenvalue weighted by atomic mass is 32.2. The lowest BCUT2D eigenvalue weighted by atomic mass is 10.0. The number of hydrogen-bond acceptors (Lipinski definition) is 5. The fourth-order valence-electron chi connectivity index (χ4n) is 4.11. The minimum atomic E-state index is 0.192. The van der Waals surface area contributed by atoms with Crippen molar-refractivity contribution in [1.82, 2.24) is 14.8 Å². The molecule has 0 amide bonds. The van der Waals surface area contributed by atoms with Crippen molar-refractivity contribution in [2.45, 2.75) is 56.1 Å². The third-order valence-corrected chi connectivity index (χ3v) is 6.64. The fraction of sp³-hybridized carbons (Fsp3) is 0.550. The smallest absolute Gasteiger partial charge is 0.228 e. The van der Waals surface area contributed by atoms with Gasteiger partial charge in [-0.05, 0) is 62.1 Å². The first-order valence-corrected chi connectivity index (χ1v) is 10.8. The summed E-state index contributed by atoms with van der Waals surface area (Å²) in [5.74, 6) is 1.64. The molecule has 3 aliphatic rings. The molecule has 1 aromatic carbocycles. The van der Waals surface area contributed by atoms with Crippen LogP contribution in [-0.4, -0.2) is 39.4 Å². The molecular formula is C20H24N4OS. The van der Waals surface area contributed by atoms with Gasteiger partial charge in [-0.25, -0.2) is 0 Å². The van der Waals surface area contributed by atoms with Gasteiger partial charge in [-0.2, -0.15) is 0 Å². The van der Waals surface area contributed by atoms with Gasteiger partial charge in [-0.15, -0.1) is 10.2 Å². The van der Waals surface area contributed by atoms with Crippen LogP contribution in [0.3, 0.4) is 0 Å². The summed E-state index contributed by atoms with van der Waals surface area (Å²) in [6, 6.07) is 6.76. The predicted octanol–water partition coefficient (Wildman–Crippen LogP) is 3.68. The normalized spacial score (nSPS) is 19.2. The van der Waals surface area contributed by atoms with Crippen molar-refractivity contribution in [2.24, 2.45) is 0 Å². The average molecular weight is 369 g/mol. The third kappa shape index (κ3) is 3.04. The Hall–Kier alpha value is -1.82. The van der Waals surface area contributed by atoms with Gasteiger partial charge in [0.25, 0.3) is 0 Å². The molecule has 0 spiro atoms. The van der Waals surface area contributed by atoms with E-state index in [2.05, 4.69) is 31.8 Å². The van der Waals surface area contributed by atoms with Crippen LogP contribution in [0.15, 0.2) is 23.4 Å². The summed E-state index contributed by atoms with van der Waals surface area (Å²) in [5.41, 5.74) is 3.62. The number of hydrogen-bond donors (Lipinski definition) is 0. The second kappa shape index (κ2) is 6.72. The molecule has 0 unspecified atom stereocenters. The van der Waals surface area contributed by atoms with Gasteiger partial charge in [-0.1, -0.05) is 23.9 Å². The van der Waals surface area contributed by atoms with Crippen LogP contribution in [0.2, 0.25) is 0 Å². The molecule has 2 aromatic rings. The molecule has 2 aliphatic carbocycles. The number of carbonyl (C=O) groups excluding carboxylic acids is 1. The maximum atomic E-state index is 12.7. The van der Waals surface area contributed by atoms with Crippen LogP contribution in [0.5, 0.6) is 0 Å². The SMILES string of the molecule is O=C(CSc1nnc(N2CCCC2)n1C1CC1)c1ccc2c(c1)CCC2. The number of nitrogens with zero attached hydrogens (tertiary/aromatic N) is 4. The number of benzene rings is 1. The van der Waals surface area contributed by atoms with E-state index in [1.165, 1.54) is 43.2 Å². The van der Waals surface area contributed by atoms with Crippen LogP contribution in [0, 0.1) is 0 Å². The summed E-state index contributed by atoms with van der Waals surface area (Å²) in [5, 5.41) is 9.80. The number of carbonyl (C=O) groups is 1. The highest BCUT2D eigenvalue weighted by molar-refractivity contribution is 7.99. The molecule has 5 rings (SSSR count). The average Bonchev–Trinajstić information content (AvgIpc) is 3.09. The van der Waals surface area contributed by atoms with E-state index in [0.29, 0.717) is 11.8 Å².